The van der Waals surface area contributed by atoms with Crippen molar-refractivity contribution in [3.63, 3.8) is 0 Å². The lowest BCUT2D eigenvalue weighted by molar-refractivity contribution is 0.0660. The Morgan fingerprint density at radius 2 is 2.05 bits per heavy atom. The minimum Gasteiger partial charge on any atom is -0.475 e. The summed E-state index contributed by atoms with van der Waals surface area (Å²) in [5.74, 6) is -0.644. The number of carbonyl (C=O) groups is 1. The Hall–Kier alpha value is -2.27. The average molecular weight is 261 g/mol. The van der Waals surface area contributed by atoms with Crippen molar-refractivity contribution in [1.29, 1.82) is 0 Å². The molecular formula is C14H15NO4. The fraction of sp³-hybridized carbons (Fsp3) is 0.214. The Morgan fingerprint density at radius 1 is 1.32 bits per heavy atom. The summed E-state index contributed by atoms with van der Waals surface area (Å²) in [5, 5.41) is 21.5. The van der Waals surface area contributed by atoms with Crippen LogP contribution < -0.4 is 5.32 Å². The van der Waals surface area contributed by atoms with Crippen LogP contribution in [-0.4, -0.2) is 16.2 Å². The molecule has 19 heavy (non-hydrogen) atoms. The summed E-state index contributed by atoms with van der Waals surface area (Å²) in [7, 11) is 0. The van der Waals surface area contributed by atoms with Crippen molar-refractivity contribution in [2.75, 3.05) is 5.32 Å². The normalized spacial score (nSPS) is 12.1. The van der Waals surface area contributed by atoms with Crippen LogP contribution in [0.5, 0.6) is 0 Å². The number of carboxylic acids is 1. The molecule has 5 heteroatoms. The molecular weight excluding hydrogens is 246 g/mol. The molecule has 0 aliphatic rings. The van der Waals surface area contributed by atoms with Gasteiger partial charge in [-0.05, 0) is 25.1 Å². The number of nitrogens with one attached hydrogen (secondary N) is 1. The van der Waals surface area contributed by atoms with E-state index in [-0.39, 0.29) is 5.76 Å². The van der Waals surface area contributed by atoms with E-state index in [0.29, 0.717) is 12.3 Å². The molecule has 100 valence electrons. The molecule has 0 saturated carbocycles. The first-order chi connectivity index (χ1) is 9.08. The zero-order valence-electron chi connectivity index (χ0n) is 10.5. The minimum atomic E-state index is -1.09. The van der Waals surface area contributed by atoms with Crippen LogP contribution in [0.2, 0.25) is 0 Å². The van der Waals surface area contributed by atoms with Crippen LogP contribution in [0.4, 0.5) is 5.69 Å². The highest BCUT2D eigenvalue weighted by Gasteiger charge is 2.10. The molecule has 0 amide bonds. The Balaban J connectivity index is 2.08. The summed E-state index contributed by atoms with van der Waals surface area (Å²) in [6, 6.07) is 10.4. The number of aliphatic hydroxyl groups excluding tert-OH is 1. The van der Waals surface area contributed by atoms with Crippen molar-refractivity contribution < 1.29 is 19.4 Å². The molecule has 1 aromatic heterocycles. The molecule has 1 heterocycles. The van der Waals surface area contributed by atoms with Crippen LogP contribution in [0.25, 0.3) is 0 Å². The van der Waals surface area contributed by atoms with Gasteiger partial charge in [0.1, 0.15) is 5.76 Å². The quantitative estimate of drug-likeness (QED) is 0.770. The summed E-state index contributed by atoms with van der Waals surface area (Å²) in [6.07, 6.45) is -0.574. The van der Waals surface area contributed by atoms with Gasteiger partial charge in [-0.2, -0.15) is 0 Å². The third-order valence-corrected chi connectivity index (χ3v) is 2.74. The van der Waals surface area contributed by atoms with Crippen LogP contribution in [0.1, 0.15) is 34.9 Å². The van der Waals surface area contributed by atoms with Gasteiger partial charge in [-0.25, -0.2) is 4.79 Å². The number of para-hydroxylation sites is 1. The Morgan fingerprint density at radius 3 is 2.68 bits per heavy atom. The highest BCUT2D eigenvalue weighted by atomic mass is 16.4. The highest BCUT2D eigenvalue weighted by molar-refractivity contribution is 5.84. The number of anilines is 1. The van der Waals surface area contributed by atoms with Crippen molar-refractivity contribution in [3.8, 4) is 0 Å². The van der Waals surface area contributed by atoms with Gasteiger partial charge in [0.2, 0.25) is 5.76 Å². The SMILES string of the molecule is CC(O)c1ccccc1NCc1ccc(C(=O)O)o1. The molecule has 0 radical (unpaired) electrons. The maximum absolute atomic E-state index is 10.7. The van der Waals surface area contributed by atoms with E-state index in [1.807, 2.05) is 24.3 Å². The molecule has 0 fully saturated rings. The fourth-order valence-electron chi connectivity index (χ4n) is 1.79. The van der Waals surface area contributed by atoms with Gasteiger partial charge in [0.25, 0.3) is 0 Å². The Labute approximate surface area is 110 Å². The molecule has 0 bridgehead atoms. The minimum absolute atomic E-state index is 0.0828. The van der Waals surface area contributed by atoms with Crippen molar-refractivity contribution >= 4 is 11.7 Å². The molecule has 2 rings (SSSR count). The van der Waals surface area contributed by atoms with E-state index in [9.17, 15) is 9.90 Å². The number of carboxylic acid groups (broad SMARTS) is 1. The fourth-order valence-corrected chi connectivity index (χ4v) is 1.79. The van der Waals surface area contributed by atoms with Crippen LogP contribution >= 0.6 is 0 Å². The lowest BCUT2D eigenvalue weighted by Gasteiger charge is -2.12. The zero-order chi connectivity index (χ0) is 13.8. The third-order valence-electron chi connectivity index (χ3n) is 2.74. The van der Waals surface area contributed by atoms with Crippen LogP contribution in [-0.2, 0) is 6.54 Å². The second-order valence-electron chi connectivity index (χ2n) is 4.19. The predicted octanol–water partition coefficient (Wildman–Crippen LogP) is 2.64. The summed E-state index contributed by atoms with van der Waals surface area (Å²) < 4.78 is 5.14. The molecule has 1 aromatic carbocycles. The second kappa shape index (κ2) is 5.58. The predicted molar refractivity (Wildman–Crippen MR) is 70.1 cm³/mol. The summed E-state index contributed by atoms with van der Waals surface area (Å²) in [4.78, 5) is 10.7. The number of rotatable bonds is 5. The van der Waals surface area contributed by atoms with Gasteiger partial charge in [0.05, 0.1) is 12.6 Å². The summed E-state index contributed by atoms with van der Waals surface area (Å²) in [5.41, 5.74) is 1.58. The van der Waals surface area contributed by atoms with Crippen molar-refractivity contribution in [2.24, 2.45) is 0 Å². The molecule has 5 nitrogen and oxygen atoms in total. The maximum atomic E-state index is 10.7. The zero-order valence-corrected chi connectivity index (χ0v) is 10.5. The largest absolute Gasteiger partial charge is 0.475 e. The van der Waals surface area contributed by atoms with Gasteiger partial charge in [-0.1, -0.05) is 18.2 Å². The number of hydrogen-bond acceptors (Lipinski definition) is 4. The molecule has 1 unspecified atom stereocenters. The second-order valence-corrected chi connectivity index (χ2v) is 4.19. The van der Waals surface area contributed by atoms with Crippen LogP contribution in [0.3, 0.4) is 0 Å². The first kappa shape index (κ1) is 13.2. The van der Waals surface area contributed by atoms with Gasteiger partial charge < -0.3 is 19.9 Å². The number of benzene rings is 1. The van der Waals surface area contributed by atoms with Crippen molar-refractivity contribution in [2.45, 2.75) is 19.6 Å². The number of aliphatic hydroxyl groups is 1. The standard InChI is InChI=1S/C14H15NO4/c1-9(16)11-4-2-3-5-12(11)15-8-10-6-7-13(19-10)14(17)18/h2-7,9,15-16H,8H2,1H3,(H,17,18). The summed E-state index contributed by atoms with van der Waals surface area (Å²) >= 11 is 0. The van der Waals surface area contributed by atoms with Gasteiger partial charge >= 0.3 is 5.97 Å². The van der Waals surface area contributed by atoms with E-state index in [1.165, 1.54) is 6.07 Å². The van der Waals surface area contributed by atoms with Crippen LogP contribution in [0.15, 0.2) is 40.8 Å². The first-order valence-electron chi connectivity index (χ1n) is 5.91. The molecule has 0 saturated heterocycles. The van der Waals surface area contributed by atoms with E-state index < -0.39 is 12.1 Å². The lowest BCUT2D eigenvalue weighted by atomic mass is 10.1. The van der Waals surface area contributed by atoms with Crippen molar-refractivity contribution in [1.82, 2.24) is 0 Å². The third kappa shape index (κ3) is 3.14. The smallest absolute Gasteiger partial charge is 0.371 e. The van der Waals surface area contributed by atoms with E-state index >= 15 is 0 Å². The van der Waals surface area contributed by atoms with E-state index in [2.05, 4.69) is 5.32 Å². The monoisotopic (exact) mass is 261 g/mol. The van der Waals surface area contributed by atoms with Crippen molar-refractivity contribution in [3.05, 3.63) is 53.5 Å². The Kier molecular flexibility index (Phi) is 3.87. The molecule has 1 atom stereocenters. The van der Waals surface area contributed by atoms with E-state index in [0.717, 1.165) is 11.3 Å². The number of furan rings is 1. The van der Waals surface area contributed by atoms with Gasteiger partial charge in [-0.3, -0.25) is 0 Å². The van der Waals surface area contributed by atoms with E-state index in [1.54, 1.807) is 13.0 Å². The highest BCUT2D eigenvalue weighted by Crippen LogP contribution is 2.23. The summed E-state index contributed by atoms with van der Waals surface area (Å²) in [6.45, 7) is 2.05. The topological polar surface area (TPSA) is 82.7 Å². The first-order valence-corrected chi connectivity index (χ1v) is 5.91. The van der Waals surface area contributed by atoms with Gasteiger partial charge in [-0.15, -0.1) is 0 Å². The van der Waals surface area contributed by atoms with Gasteiger partial charge in [0, 0.05) is 11.3 Å². The molecule has 3 N–H and O–H groups in total. The van der Waals surface area contributed by atoms with E-state index in [4.69, 9.17) is 9.52 Å². The molecule has 0 aliphatic carbocycles. The molecule has 0 spiro atoms. The van der Waals surface area contributed by atoms with Gasteiger partial charge in [0.15, 0.2) is 0 Å². The lowest BCUT2D eigenvalue weighted by Crippen LogP contribution is -2.03. The molecule has 0 aliphatic heterocycles. The van der Waals surface area contributed by atoms with Crippen LogP contribution in [0, 0.1) is 0 Å². The number of aromatic carboxylic acids is 1. The Bertz CT molecular complexity index is 574. The number of hydrogen-bond donors (Lipinski definition) is 3. The average Bonchev–Trinajstić information content (AvgIpc) is 2.85. The molecule has 2 aromatic rings. The maximum Gasteiger partial charge on any atom is 0.371 e.